The largest absolute Gasteiger partial charge is 0.444 e. The van der Waals surface area contributed by atoms with Crippen molar-refractivity contribution in [3.05, 3.63) is 66.5 Å². The standard InChI is InChI=1S/C29H36N6O3/c1-7-10-19-17-31-27(36)21-16-23(33-24(19)21)20-11-9-12-22-25(20)34-26(18(3)32-22)35(14-8-2)15-13-30-28(37)38-29(4,5)6/h7-9,11-12,16,19,33H,1-2,10,13-15,17H2,3-6H3,(H,30,37)(H,31,36)/t19-/m0/s1. The first-order chi connectivity index (χ1) is 18.1. The van der Waals surface area contributed by atoms with Crippen LogP contribution in [-0.2, 0) is 4.74 Å². The van der Waals surface area contributed by atoms with Gasteiger partial charge < -0.3 is 25.3 Å². The number of anilines is 1. The molecule has 38 heavy (non-hydrogen) atoms. The molecule has 1 aliphatic rings. The fraction of sp³-hybridized carbons (Fsp3) is 0.379. The third-order valence-electron chi connectivity index (χ3n) is 6.29. The van der Waals surface area contributed by atoms with Gasteiger partial charge in [-0.3, -0.25) is 4.79 Å². The Kier molecular flexibility index (Phi) is 7.85. The van der Waals surface area contributed by atoms with Crippen LogP contribution >= 0.6 is 0 Å². The zero-order valence-corrected chi connectivity index (χ0v) is 22.6. The van der Waals surface area contributed by atoms with Crippen LogP contribution in [0.25, 0.3) is 22.3 Å². The van der Waals surface area contributed by atoms with Crippen molar-refractivity contribution in [2.24, 2.45) is 0 Å². The molecule has 4 rings (SSSR count). The number of rotatable bonds is 9. The van der Waals surface area contributed by atoms with Gasteiger partial charge >= 0.3 is 6.09 Å². The van der Waals surface area contributed by atoms with Gasteiger partial charge in [0.2, 0.25) is 0 Å². The predicted octanol–water partition coefficient (Wildman–Crippen LogP) is 4.85. The summed E-state index contributed by atoms with van der Waals surface area (Å²) in [7, 11) is 0. The highest BCUT2D eigenvalue weighted by atomic mass is 16.6. The van der Waals surface area contributed by atoms with Crippen molar-refractivity contribution in [2.45, 2.75) is 45.6 Å². The highest BCUT2D eigenvalue weighted by molar-refractivity contribution is 6.00. The molecule has 200 valence electrons. The van der Waals surface area contributed by atoms with Crippen LogP contribution in [0.5, 0.6) is 0 Å². The fourth-order valence-electron chi connectivity index (χ4n) is 4.66. The van der Waals surface area contributed by atoms with Gasteiger partial charge in [-0.2, -0.15) is 0 Å². The Morgan fingerprint density at radius 3 is 2.74 bits per heavy atom. The van der Waals surface area contributed by atoms with E-state index in [0.717, 1.165) is 40.1 Å². The maximum Gasteiger partial charge on any atom is 0.407 e. The Bertz CT molecular complexity index is 1370. The van der Waals surface area contributed by atoms with Crippen LogP contribution in [-0.4, -0.2) is 58.7 Å². The molecule has 0 fully saturated rings. The molecule has 0 aliphatic carbocycles. The van der Waals surface area contributed by atoms with Crippen LogP contribution in [0.1, 0.15) is 54.9 Å². The first kappa shape index (κ1) is 26.9. The average Bonchev–Trinajstić information content (AvgIpc) is 3.30. The number of allylic oxidation sites excluding steroid dienone is 1. The highest BCUT2D eigenvalue weighted by Gasteiger charge is 2.28. The Hall–Kier alpha value is -4.14. The molecule has 1 aliphatic heterocycles. The summed E-state index contributed by atoms with van der Waals surface area (Å²) >= 11 is 0. The molecule has 0 bridgehead atoms. The Balaban J connectivity index is 1.67. The van der Waals surface area contributed by atoms with Gasteiger partial charge in [-0.25, -0.2) is 14.8 Å². The number of hydrogen-bond donors (Lipinski definition) is 3. The lowest BCUT2D eigenvalue weighted by Gasteiger charge is -2.25. The average molecular weight is 517 g/mol. The number of aromatic amines is 1. The molecular weight excluding hydrogens is 480 g/mol. The summed E-state index contributed by atoms with van der Waals surface area (Å²) in [5.41, 5.74) is 4.93. The zero-order valence-electron chi connectivity index (χ0n) is 22.6. The van der Waals surface area contributed by atoms with Crippen molar-refractivity contribution in [1.29, 1.82) is 0 Å². The quantitative estimate of drug-likeness (QED) is 0.351. The lowest BCUT2D eigenvalue weighted by molar-refractivity contribution is 0.0529. The number of H-pyrrole nitrogens is 1. The van der Waals surface area contributed by atoms with Gasteiger partial charge in [0.15, 0.2) is 5.82 Å². The molecule has 3 heterocycles. The highest BCUT2D eigenvalue weighted by Crippen LogP contribution is 2.34. The van der Waals surface area contributed by atoms with E-state index in [1.54, 1.807) is 6.08 Å². The molecule has 0 spiro atoms. The number of para-hydroxylation sites is 1. The van der Waals surface area contributed by atoms with Crippen LogP contribution in [0.15, 0.2) is 49.6 Å². The van der Waals surface area contributed by atoms with Crippen molar-refractivity contribution >= 4 is 28.9 Å². The summed E-state index contributed by atoms with van der Waals surface area (Å²) < 4.78 is 5.34. The first-order valence-electron chi connectivity index (χ1n) is 12.8. The van der Waals surface area contributed by atoms with Gasteiger partial charge in [0, 0.05) is 49.0 Å². The van der Waals surface area contributed by atoms with E-state index in [4.69, 9.17) is 14.7 Å². The summed E-state index contributed by atoms with van der Waals surface area (Å²) in [6, 6.07) is 7.75. The smallest absolute Gasteiger partial charge is 0.407 e. The summed E-state index contributed by atoms with van der Waals surface area (Å²) in [6.45, 7) is 17.1. The molecular formula is C29H36N6O3. The van der Waals surface area contributed by atoms with Crippen molar-refractivity contribution in [2.75, 3.05) is 31.1 Å². The molecule has 2 aromatic heterocycles. The number of aryl methyl sites for hydroxylation is 1. The third-order valence-corrected chi connectivity index (χ3v) is 6.29. The molecule has 1 atom stereocenters. The van der Waals surface area contributed by atoms with Crippen LogP contribution < -0.4 is 15.5 Å². The van der Waals surface area contributed by atoms with E-state index in [1.807, 2.05) is 62.9 Å². The molecule has 0 unspecified atom stereocenters. The van der Waals surface area contributed by atoms with Crippen molar-refractivity contribution in [3.8, 4) is 11.3 Å². The van der Waals surface area contributed by atoms with E-state index in [1.165, 1.54) is 0 Å². The third kappa shape index (κ3) is 5.88. The minimum absolute atomic E-state index is 0.0830. The monoisotopic (exact) mass is 516 g/mol. The normalized spacial score (nSPS) is 14.9. The molecule has 3 aromatic rings. The Labute approximate surface area is 223 Å². The van der Waals surface area contributed by atoms with Crippen LogP contribution in [0, 0.1) is 6.92 Å². The zero-order chi connectivity index (χ0) is 27.4. The first-order valence-corrected chi connectivity index (χ1v) is 12.8. The lowest BCUT2D eigenvalue weighted by Crippen LogP contribution is -2.38. The number of ether oxygens (including phenoxy) is 1. The van der Waals surface area contributed by atoms with Gasteiger partial charge in [-0.1, -0.05) is 24.3 Å². The SMILES string of the molecule is C=CC[C@H]1CNC(=O)c2cc(-c3cccc4nc(C)c(N(CC=C)CCNC(=O)OC(C)(C)C)nc34)[nH]c21. The van der Waals surface area contributed by atoms with Gasteiger partial charge in [0.1, 0.15) is 11.1 Å². The molecule has 1 aromatic carbocycles. The second-order valence-corrected chi connectivity index (χ2v) is 10.4. The van der Waals surface area contributed by atoms with E-state index in [-0.39, 0.29) is 11.8 Å². The lowest BCUT2D eigenvalue weighted by atomic mass is 9.94. The molecule has 2 amide bonds. The number of aromatic nitrogens is 3. The number of carbonyl (C=O) groups excluding carboxylic acids is 2. The summed E-state index contributed by atoms with van der Waals surface area (Å²) in [5.74, 6) is 0.767. The second-order valence-electron chi connectivity index (χ2n) is 10.4. The Morgan fingerprint density at radius 1 is 1.24 bits per heavy atom. The van der Waals surface area contributed by atoms with E-state index in [2.05, 4.69) is 28.8 Å². The maximum atomic E-state index is 12.6. The second kappa shape index (κ2) is 11.1. The minimum Gasteiger partial charge on any atom is -0.444 e. The van der Waals surface area contributed by atoms with Crippen molar-refractivity contribution in [3.63, 3.8) is 0 Å². The van der Waals surface area contributed by atoms with Crippen molar-refractivity contribution < 1.29 is 14.3 Å². The summed E-state index contributed by atoms with van der Waals surface area (Å²) in [5, 5.41) is 5.77. The molecule has 0 saturated carbocycles. The topological polar surface area (TPSA) is 112 Å². The molecule has 9 nitrogen and oxygen atoms in total. The molecule has 0 radical (unpaired) electrons. The molecule has 3 N–H and O–H groups in total. The van der Waals surface area contributed by atoms with E-state index in [0.29, 0.717) is 37.6 Å². The van der Waals surface area contributed by atoms with Gasteiger partial charge in [0.25, 0.3) is 5.91 Å². The number of fused-ring (bicyclic) bond motifs is 2. The molecule has 0 saturated heterocycles. The van der Waals surface area contributed by atoms with E-state index >= 15 is 0 Å². The van der Waals surface area contributed by atoms with Crippen LogP contribution in [0.2, 0.25) is 0 Å². The molecule has 9 heteroatoms. The number of amides is 2. The summed E-state index contributed by atoms with van der Waals surface area (Å²) in [4.78, 5) is 40.1. The Morgan fingerprint density at radius 2 is 2.03 bits per heavy atom. The van der Waals surface area contributed by atoms with Gasteiger partial charge in [-0.05, 0) is 46.2 Å². The minimum atomic E-state index is -0.564. The van der Waals surface area contributed by atoms with Crippen molar-refractivity contribution in [1.82, 2.24) is 25.6 Å². The summed E-state index contributed by atoms with van der Waals surface area (Å²) in [6.07, 6.45) is 3.97. The maximum absolute atomic E-state index is 12.6. The number of alkyl carbamates (subject to hydrolysis) is 1. The fourth-order valence-corrected chi connectivity index (χ4v) is 4.66. The van der Waals surface area contributed by atoms with Crippen LogP contribution in [0.4, 0.5) is 10.6 Å². The number of benzene rings is 1. The van der Waals surface area contributed by atoms with E-state index in [9.17, 15) is 9.59 Å². The number of nitrogens with one attached hydrogen (secondary N) is 3. The van der Waals surface area contributed by atoms with Crippen LogP contribution in [0.3, 0.4) is 0 Å². The number of carbonyl (C=O) groups is 2. The van der Waals surface area contributed by atoms with Gasteiger partial charge in [0.05, 0.1) is 16.8 Å². The number of hydrogen-bond acceptors (Lipinski definition) is 6. The van der Waals surface area contributed by atoms with E-state index < -0.39 is 11.7 Å². The number of nitrogens with zero attached hydrogens (tertiary/aromatic N) is 3. The predicted molar refractivity (Wildman–Crippen MR) is 151 cm³/mol. The van der Waals surface area contributed by atoms with Gasteiger partial charge in [-0.15, -0.1) is 13.2 Å².